The number of benzene rings is 1. The van der Waals surface area contributed by atoms with Crippen molar-refractivity contribution < 1.29 is 9.90 Å². The van der Waals surface area contributed by atoms with Crippen LogP contribution in [0.2, 0.25) is 0 Å². The minimum absolute atomic E-state index is 0.320. The summed E-state index contributed by atoms with van der Waals surface area (Å²) in [7, 11) is 0. The monoisotopic (exact) mass is 297 g/mol. The Balaban J connectivity index is 2.14. The van der Waals surface area contributed by atoms with Crippen LogP contribution in [0.1, 0.15) is 36.5 Å². The van der Waals surface area contributed by atoms with Crippen molar-refractivity contribution >= 4 is 18.1 Å². The Bertz CT molecular complexity index is 740. The van der Waals surface area contributed by atoms with Gasteiger partial charge in [-0.1, -0.05) is 50.3 Å². The van der Waals surface area contributed by atoms with Gasteiger partial charge in [-0.15, -0.1) is 0 Å². The summed E-state index contributed by atoms with van der Waals surface area (Å²) in [4.78, 5) is 22.4. The van der Waals surface area contributed by atoms with Crippen molar-refractivity contribution in [3.63, 3.8) is 0 Å². The summed E-state index contributed by atoms with van der Waals surface area (Å²) in [6.07, 6.45) is 5.27. The third-order valence-electron chi connectivity index (χ3n) is 3.40. The van der Waals surface area contributed by atoms with Crippen molar-refractivity contribution in [2.45, 2.75) is 26.3 Å². The molecule has 4 heteroatoms. The van der Waals surface area contributed by atoms with E-state index in [1.54, 1.807) is 6.07 Å². The van der Waals surface area contributed by atoms with E-state index in [1.165, 1.54) is 17.8 Å². The summed E-state index contributed by atoms with van der Waals surface area (Å²) in [5, 5.41) is 8.70. The molecule has 0 amide bonds. The van der Waals surface area contributed by atoms with E-state index in [4.69, 9.17) is 5.11 Å². The van der Waals surface area contributed by atoms with E-state index in [9.17, 15) is 9.59 Å². The smallest absolute Gasteiger partial charge is 0.323 e. The largest absolute Gasteiger partial charge is 0.480 e. The fourth-order valence-corrected chi connectivity index (χ4v) is 2.09. The first kappa shape index (κ1) is 15.8. The Kier molecular flexibility index (Phi) is 4.94. The highest BCUT2D eigenvalue weighted by Crippen LogP contribution is 2.16. The number of hydrogen-bond acceptors (Lipinski definition) is 2. The molecule has 0 bridgehead atoms. The van der Waals surface area contributed by atoms with E-state index in [2.05, 4.69) is 26.0 Å². The molecule has 0 saturated heterocycles. The maximum Gasteiger partial charge on any atom is 0.323 e. The van der Waals surface area contributed by atoms with Crippen LogP contribution in [-0.2, 0) is 11.3 Å². The maximum absolute atomic E-state index is 11.8. The molecule has 4 nitrogen and oxygen atoms in total. The van der Waals surface area contributed by atoms with Crippen molar-refractivity contribution in [1.29, 1.82) is 0 Å². The fourth-order valence-electron chi connectivity index (χ4n) is 2.09. The van der Waals surface area contributed by atoms with E-state index in [0.717, 1.165) is 15.7 Å². The fraction of sp³-hybridized carbons (Fsp3) is 0.222. The van der Waals surface area contributed by atoms with Crippen molar-refractivity contribution in [3.05, 3.63) is 69.6 Å². The van der Waals surface area contributed by atoms with Gasteiger partial charge in [0.25, 0.3) is 5.56 Å². The van der Waals surface area contributed by atoms with Gasteiger partial charge in [0.15, 0.2) is 0 Å². The molecule has 0 aliphatic heterocycles. The third-order valence-corrected chi connectivity index (χ3v) is 3.40. The number of nitrogens with zero attached hydrogens (tertiary/aromatic N) is 1. The lowest BCUT2D eigenvalue weighted by atomic mass is 10.0. The quantitative estimate of drug-likeness (QED) is 0.921. The SMILES string of the molecule is CC(C)c1ccc(/C=C/c2ccn(CC(=O)O)c(=O)c2)cc1. The van der Waals surface area contributed by atoms with Gasteiger partial charge < -0.3 is 9.67 Å². The van der Waals surface area contributed by atoms with Gasteiger partial charge in [0.2, 0.25) is 0 Å². The van der Waals surface area contributed by atoms with Crippen LogP contribution in [0.25, 0.3) is 12.2 Å². The van der Waals surface area contributed by atoms with Crippen molar-refractivity contribution in [1.82, 2.24) is 4.57 Å². The average molecular weight is 297 g/mol. The van der Waals surface area contributed by atoms with Crippen molar-refractivity contribution in [2.24, 2.45) is 0 Å². The van der Waals surface area contributed by atoms with Crippen LogP contribution < -0.4 is 5.56 Å². The van der Waals surface area contributed by atoms with Gasteiger partial charge in [-0.3, -0.25) is 9.59 Å². The molecule has 22 heavy (non-hydrogen) atoms. The molecule has 0 aliphatic carbocycles. The highest BCUT2D eigenvalue weighted by molar-refractivity contribution is 5.69. The normalized spacial score (nSPS) is 11.2. The summed E-state index contributed by atoms with van der Waals surface area (Å²) in [6, 6.07) is 11.4. The maximum atomic E-state index is 11.8. The van der Waals surface area contributed by atoms with Crippen molar-refractivity contribution in [2.75, 3.05) is 0 Å². The second-order valence-corrected chi connectivity index (χ2v) is 5.47. The molecule has 0 aliphatic rings. The topological polar surface area (TPSA) is 59.3 Å². The van der Waals surface area contributed by atoms with Crippen LogP contribution in [0, 0.1) is 0 Å². The highest BCUT2D eigenvalue weighted by atomic mass is 16.4. The van der Waals surface area contributed by atoms with Crippen LogP contribution in [-0.4, -0.2) is 15.6 Å². The molecule has 1 aromatic heterocycles. The number of pyridine rings is 1. The third kappa shape index (κ3) is 4.19. The van der Waals surface area contributed by atoms with Gasteiger partial charge in [-0.25, -0.2) is 0 Å². The van der Waals surface area contributed by atoms with E-state index in [0.29, 0.717) is 5.92 Å². The van der Waals surface area contributed by atoms with Gasteiger partial charge in [0.1, 0.15) is 6.54 Å². The Morgan fingerprint density at radius 1 is 1.14 bits per heavy atom. The van der Waals surface area contributed by atoms with E-state index in [-0.39, 0.29) is 12.1 Å². The Labute approximate surface area is 129 Å². The molecule has 114 valence electrons. The van der Waals surface area contributed by atoms with Crippen LogP contribution in [0.3, 0.4) is 0 Å². The summed E-state index contributed by atoms with van der Waals surface area (Å²) in [5.41, 5.74) is 2.77. The first-order valence-electron chi connectivity index (χ1n) is 7.16. The molecule has 2 aromatic rings. The van der Waals surface area contributed by atoms with E-state index >= 15 is 0 Å². The first-order chi connectivity index (χ1) is 10.5. The predicted octanol–water partition coefficient (Wildman–Crippen LogP) is 3.23. The molecule has 0 unspecified atom stereocenters. The zero-order valence-electron chi connectivity index (χ0n) is 12.7. The predicted molar refractivity (Wildman–Crippen MR) is 87.8 cm³/mol. The molecule has 0 atom stereocenters. The zero-order chi connectivity index (χ0) is 16.1. The summed E-state index contributed by atoms with van der Waals surface area (Å²) in [5.74, 6) is -0.532. The van der Waals surface area contributed by atoms with E-state index in [1.807, 2.05) is 24.3 Å². The average Bonchev–Trinajstić information content (AvgIpc) is 2.47. The van der Waals surface area contributed by atoms with Gasteiger partial charge in [-0.2, -0.15) is 0 Å². The molecular weight excluding hydrogens is 278 g/mol. The molecule has 0 saturated carbocycles. The second-order valence-electron chi connectivity index (χ2n) is 5.47. The molecule has 0 radical (unpaired) electrons. The lowest BCUT2D eigenvalue weighted by Gasteiger charge is -2.05. The number of carboxylic acid groups (broad SMARTS) is 1. The number of aliphatic carboxylic acids is 1. The standard InChI is InChI=1S/C18H19NO3/c1-13(2)16-7-5-14(6-8-16)3-4-15-9-10-19(12-18(21)22)17(20)11-15/h3-11,13H,12H2,1-2H3,(H,21,22)/b4-3+. The highest BCUT2D eigenvalue weighted by Gasteiger charge is 2.01. The number of carboxylic acids is 1. The Morgan fingerprint density at radius 3 is 2.32 bits per heavy atom. The van der Waals surface area contributed by atoms with Gasteiger partial charge in [0, 0.05) is 12.3 Å². The second kappa shape index (κ2) is 6.89. The zero-order valence-corrected chi connectivity index (χ0v) is 12.7. The van der Waals surface area contributed by atoms with Crippen LogP contribution >= 0.6 is 0 Å². The van der Waals surface area contributed by atoms with Crippen molar-refractivity contribution in [3.8, 4) is 0 Å². The molecule has 0 fully saturated rings. The molecule has 1 aromatic carbocycles. The molecular formula is C18H19NO3. The molecule has 1 heterocycles. The Hall–Kier alpha value is -2.62. The van der Waals surface area contributed by atoms with Crippen LogP contribution in [0.4, 0.5) is 0 Å². The summed E-state index contributed by atoms with van der Waals surface area (Å²) < 4.78 is 1.16. The van der Waals surface area contributed by atoms with Gasteiger partial charge >= 0.3 is 5.97 Å². The minimum atomic E-state index is -1.03. The summed E-state index contributed by atoms with van der Waals surface area (Å²) >= 11 is 0. The number of carbonyl (C=O) groups is 1. The van der Waals surface area contributed by atoms with Gasteiger partial charge in [0.05, 0.1) is 0 Å². The first-order valence-corrected chi connectivity index (χ1v) is 7.16. The molecule has 2 rings (SSSR count). The lowest BCUT2D eigenvalue weighted by molar-refractivity contribution is -0.137. The minimum Gasteiger partial charge on any atom is -0.480 e. The Morgan fingerprint density at radius 2 is 1.77 bits per heavy atom. The van der Waals surface area contributed by atoms with E-state index < -0.39 is 5.97 Å². The lowest BCUT2D eigenvalue weighted by Crippen LogP contribution is -2.22. The molecule has 1 N–H and O–H groups in total. The van der Waals surface area contributed by atoms with Gasteiger partial charge in [-0.05, 0) is 28.7 Å². The number of aromatic nitrogens is 1. The number of rotatable bonds is 5. The number of hydrogen-bond donors (Lipinski definition) is 1. The van der Waals surface area contributed by atoms with Crippen LogP contribution in [0.5, 0.6) is 0 Å². The van der Waals surface area contributed by atoms with Crippen LogP contribution in [0.15, 0.2) is 47.4 Å². The summed E-state index contributed by atoms with van der Waals surface area (Å²) in [6.45, 7) is 3.98. The molecule has 0 spiro atoms.